The highest BCUT2D eigenvalue weighted by Gasteiger charge is 2.22. The quantitative estimate of drug-likeness (QED) is 0.336. The average molecular weight is 519 g/mol. The Morgan fingerprint density at radius 1 is 1.03 bits per heavy atom. The van der Waals surface area contributed by atoms with Gasteiger partial charge >= 0.3 is 0 Å². The Kier molecular flexibility index (Phi) is 6.45. The third-order valence-electron chi connectivity index (χ3n) is 6.01. The summed E-state index contributed by atoms with van der Waals surface area (Å²) in [6.07, 6.45) is 6.40. The Labute approximate surface area is 216 Å². The van der Waals surface area contributed by atoms with Crippen molar-refractivity contribution in [3.63, 3.8) is 0 Å². The van der Waals surface area contributed by atoms with Crippen molar-refractivity contribution in [3.05, 3.63) is 89.1 Å². The smallest absolute Gasteiger partial charge is 0.252 e. The molecule has 38 heavy (non-hydrogen) atoms. The molecular weight excluding hydrogens is 494 g/mol. The van der Waals surface area contributed by atoms with Crippen molar-refractivity contribution >= 4 is 28.4 Å². The molecule has 2 aromatic carbocycles. The molecule has 10 nitrogen and oxygen atoms in total. The summed E-state index contributed by atoms with van der Waals surface area (Å²) in [5, 5.41) is 14.5. The fourth-order valence-electron chi connectivity index (χ4n) is 4.15. The number of nitrogens with one attached hydrogen (secondary N) is 2. The highest BCUT2D eigenvalue weighted by Crippen LogP contribution is 2.28. The minimum absolute atomic E-state index is 0.0417. The van der Waals surface area contributed by atoms with Crippen LogP contribution in [0.25, 0.3) is 10.9 Å². The molecule has 12 heteroatoms. The fraction of sp³-hybridized carbons (Fsp3) is 0.192. The van der Waals surface area contributed by atoms with Crippen molar-refractivity contribution in [2.45, 2.75) is 13.0 Å². The molecule has 5 rings (SSSR count). The lowest BCUT2D eigenvalue weighted by Crippen LogP contribution is -2.29. The Morgan fingerprint density at radius 3 is 2.50 bits per heavy atom. The zero-order chi connectivity index (χ0) is 27.0. The first kappa shape index (κ1) is 24.8. The predicted octanol–water partition coefficient (Wildman–Crippen LogP) is 3.96. The predicted molar refractivity (Wildman–Crippen MR) is 136 cm³/mol. The van der Waals surface area contributed by atoms with Gasteiger partial charge in [0.25, 0.3) is 5.91 Å². The van der Waals surface area contributed by atoms with Gasteiger partial charge in [-0.2, -0.15) is 10.2 Å². The van der Waals surface area contributed by atoms with E-state index in [2.05, 4.69) is 30.8 Å². The molecule has 3 heterocycles. The summed E-state index contributed by atoms with van der Waals surface area (Å²) >= 11 is 0. The molecule has 5 aromatic rings. The van der Waals surface area contributed by atoms with Gasteiger partial charge in [-0.3, -0.25) is 14.2 Å². The van der Waals surface area contributed by atoms with Gasteiger partial charge in [0.1, 0.15) is 5.82 Å². The van der Waals surface area contributed by atoms with E-state index in [1.54, 1.807) is 48.1 Å². The van der Waals surface area contributed by atoms with Crippen molar-refractivity contribution in [3.8, 4) is 5.75 Å². The van der Waals surface area contributed by atoms with E-state index >= 15 is 0 Å². The molecule has 0 saturated heterocycles. The summed E-state index contributed by atoms with van der Waals surface area (Å²) in [6, 6.07) is 6.24. The van der Waals surface area contributed by atoms with Crippen LogP contribution < -0.4 is 15.4 Å². The number of aryl methyl sites for hydroxylation is 3. The van der Waals surface area contributed by atoms with Gasteiger partial charge in [0, 0.05) is 43.8 Å². The summed E-state index contributed by atoms with van der Waals surface area (Å²) in [4.78, 5) is 21.9. The van der Waals surface area contributed by atoms with Crippen LogP contribution >= 0.6 is 0 Å². The Hall–Kier alpha value is -4.87. The molecule has 0 saturated carbocycles. The van der Waals surface area contributed by atoms with Gasteiger partial charge in [0.05, 0.1) is 41.6 Å². The van der Waals surface area contributed by atoms with E-state index in [4.69, 9.17) is 4.74 Å². The molecule has 0 aliphatic heterocycles. The number of amides is 1. The summed E-state index contributed by atoms with van der Waals surface area (Å²) in [6.45, 7) is 1.83. The molecule has 0 aliphatic rings. The summed E-state index contributed by atoms with van der Waals surface area (Å²) in [5.41, 5.74) is 2.81. The van der Waals surface area contributed by atoms with Crippen LogP contribution in [0.4, 0.5) is 20.4 Å². The van der Waals surface area contributed by atoms with Gasteiger partial charge in [0.2, 0.25) is 5.95 Å². The van der Waals surface area contributed by atoms with Crippen LogP contribution in [-0.2, 0) is 14.1 Å². The Morgan fingerprint density at radius 2 is 1.84 bits per heavy atom. The van der Waals surface area contributed by atoms with E-state index in [9.17, 15) is 13.6 Å². The molecule has 1 atom stereocenters. The van der Waals surface area contributed by atoms with Gasteiger partial charge in [0.15, 0.2) is 11.6 Å². The molecule has 0 fully saturated rings. The van der Waals surface area contributed by atoms with Gasteiger partial charge in [-0.1, -0.05) is 6.07 Å². The maximum absolute atomic E-state index is 15.0. The fourth-order valence-corrected chi connectivity index (χ4v) is 4.15. The second kappa shape index (κ2) is 9.88. The molecule has 3 aromatic heterocycles. The lowest BCUT2D eigenvalue weighted by Gasteiger charge is -2.19. The molecule has 194 valence electrons. The number of halogens is 2. The van der Waals surface area contributed by atoms with Crippen LogP contribution in [0.2, 0.25) is 0 Å². The van der Waals surface area contributed by atoms with Crippen molar-refractivity contribution in [1.29, 1.82) is 0 Å². The number of carbonyl (C=O) groups is 1. The Bertz CT molecular complexity index is 1660. The SMILES string of the molecule is COc1ccc([C@H](NC(=O)c2cc(F)c3cnc(Nc4cn(C)nc4C)nc3c2)c2cnn(C)c2)cc1F. The molecular formula is C26H24F2N8O2. The van der Waals surface area contributed by atoms with Crippen LogP contribution in [0, 0.1) is 18.6 Å². The second-order valence-electron chi connectivity index (χ2n) is 8.76. The first-order valence-electron chi connectivity index (χ1n) is 11.6. The number of benzene rings is 2. The number of ether oxygens (including phenoxy) is 1. The number of fused-ring (bicyclic) bond motifs is 1. The van der Waals surface area contributed by atoms with Crippen LogP contribution in [0.15, 0.2) is 55.1 Å². The average Bonchev–Trinajstić information content (AvgIpc) is 3.45. The zero-order valence-electron chi connectivity index (χ0n) is 21.0. The van der Waals surface area contributed by atoms with E-state index in [1.165, 1.54) is 31.5 Å². The molecule has 0 bridgehead atoms. The maximum Gasteiger partial charge on any atom is 0.252 e. The number of nitrogens with zero attached hydrogens (tertiary/aromatic N) is 6. The highest BCUT2D eigenvalue weighted by atomic mass is 19.1. The number of aromatic nitrogens is 6. The molecule has 0 radical (unpaired) electrons. The Balaban J connectivity index is 1.48. The number of anilines is 2. The van der Waals surface area contributed by atoms with E-state index in [1.807, 2.05) is 6.92 Å². The maximum atomic E-state index is 15.0. The lowest BCUT2D eigenvalue weighted by molar-refractivity contribution is 0.0942. The van der Waals surface area contributed by atoms with Crippen LogP contribution in [0.3, 0.4) is 0 Å². The number of carbonyl (C=O) groups excluding carboxylic acids is 1. The number of methoxy groups -OCH3 is 1. The normalized spacial score (nSPS) is 11.9. The number of rotatable bonds is 7. The molecule has 0 unspecified atom stereocenters. The van der Waals surface area contributed by atoms with Crippen molar-refractivity contribution in [2.24, 2.45) is 14.1 Å². The summed E-state index contributed by atoms with van der Waals surface area (Å²) in [5.74, 6) is -1.50. The standard InChI is InChI=1S/C26H24F2N8O2/c1-14-22(13-36(3)34-14)32-26-29-11-18-19(27)8-16(9-21(18)31-26)25(37)33-24(17-10-30-35(2)12-17)15-5-6-23(38-4)20(28)7-15/h5-13,24H,1-4H3,(H,33,37)(H,29,31,32)/t24-/m0/s1. The van der Waals surface area contributed by atoms with Crippen LogP contribution in [0.5, 0.6) is 5.75 Å². The van der Waals surface area contributed by atoms with Gasteiger partial charge < -0.3 is 15.4 Å². The van der Waals surface area contributed by atoms with Crippen molar-refractivity contribution in [2.75, 3.05) is 12.4 Å². The van der Waals surface area contributed by atoms with E-state index in [0.717, 1.165) is 11.8 Å². The van der Waals surface area contributed by atoms with E-state index in [0.29, 0.717) is 16.8 Å². The van der Waals surface area contributed by atoms with Crippen molar-refractivity contribution < 1.29 is 18.3 Å². The topological polar surface area (TPSA) is 112 Å². The number of hydrogen-bond acceptors (Lipinski definition) is 7. The first-order chi connectivity index (χ1) is 18.2. The van der Waals surface area contributed by atoms with Gasteiger partial charge in [-0.25, -0.2) is 18.7 Å². The van der Waals surface area contributed by atoms with Crippen LogP contribution in [-0.4, -0.2) is 42.5 Å². The third kappa shape index (κ3) is 4.88. The van der Waals surface area contributed by atoms with Gasteiger partial charge in [-0.05, 0) is 36.8 Å². The van der Waals surface area contributed by atoms with E-state index in [-0.39, 0.29) is 28.2 Å². The minimum atomic E-state index is -0.758. The molecule has 0 aliphatic carbocycles. The third-order valence-corrected chi connectivity index (χ3v) is 6.01. The highest BCUT2D eigenvalue weighted by molar-refractivity contribution is 5.98. The minimum Gasteiger partial charge on any atom is -0.494 e. The van der Waals surface area contributed by atoms with Crippen LogP contribution in [0.1, 0.15) is 33.2 Å². The number of hydrogen-bond donors (Lipinski definition) is 2. The summed E-state index contributed by atoms with van der Waals surface area (Å²) < 4.78 is 37.7. The summed E-state index contributed by atoms with van der Waals surface area (Å²) in [7, 11) is 4.89. The van der Waals surface area contributed by atoms with E-state index < -0.39 is 23.6 Å². The monoisotopic (exact) mass is 518 g/mol. The molecule has 0 spiro atoms. The largest absolute Gasteiger partial charge is 0.494 e. The van der Waals surface area contributed by atoms with Crippen molar-refractivity contribution in [1.82, 2.24) is 34.8 Å². The van der Waals surface area contributed by atoms with Gasteiger partial charge in [-0.15, -0.1) is 0 Å². The molecule has 2 N–H and O–H groups in total. The first-order valence-corrected chi connectivity index (χ1v) is 11.6. The lowest BCUT2D eigenvalue weighted by atomic mass is 10.0. The molecule has 1 amide bonds. The zero-order valence-corrected chi connectivity index (χ0v) is 21.0. The second-order valence-corrected chi connectivity index (χ2v) is 8.76.